The predicted octanol–water partition coefficient (Wildman–Crippen LogP) is 4.07. The third kappa shape index (κ3) is 2.62. The molecule has 0 unspecified atom stereocenters. The molecule has 94 valence electrons. The normalized spacial score (nSPS) is 9.78. The predicted molar refractivity (Wildman–Crippen MR) is 76.8 cm³/mol. The summed E-state index contributed by atoms with van der Waals surface area (Å²) in [6.07, 6.45) is 7.12. The van der Waals surface area contributed by atoms with E-state index in [-0.39, 0.29) is 5.75 Å². The molecule has 0 fully saturated rings. The van der Waals surface area contributed by atoms with Gasteiger partial charge in [0.05, 0.1) is 0 Å². The van der Waals surface area contributed by atoms with E-state index in [9.17, 15) is 5.11 Å². The van der Waals surface area contributed by atoms with Crippen molar-refractivity contribution in [1.29, 1.82) is 0 Å². The van der Waals surface area contributed by atoms with Crippen LogP contribution in [0.3, 0.4) is 0 Å². The van der Waals surface area contributed by atoms with Gasteiger partial charge in [0.25, 0.3) is 0 Å². The van der Waals surface area contributed by atoms with Gasteiger partial charge in [-0.3, -0.25) is 0 Å². The van der Waals surface area contributed by atoms with Crippen molar-refractivity contribution in [1.82, 2.24) is 4.98 Å². The van der Waals surface area contributed by atoms with Gasteiger partial charge in [0.1, 0.15) is 11.4 Å². The van der Waals surface area contributed by atoms with Crippen LogP contribution in [0.5, 0.6) is 5.75 Å². The summed E-state index contributed by atoms with van der Waals surface area (Å²) in [6.45, 7) is 8.14. The molecule has 0 aliphatic heterocycles. The molecule has 2 nitrogen and oxygen atoms in total. The number of pyridine rings is 1. The molecule has 0 radical (unpaired) electrons. The molecule has 2 aromatic rings. The van der Waals surface area contributed by atoms with Gasteiger partial charge in [-0.2, -0.15) is 0 Å². The van der Waals surface area contributed by atoms with Crippen LogP contribution in [0, 0.1) is 12.3 Å². The van der Waals surface area contributed by atoms with E-state index in [1.807, 2.05) is 19.9 Å². The molecule has 1 heterocycles. The maximum atomic E-state index is 9.65. The van der Waals surface area contributed by atoms with Crippen LogP contribution < -0.4 is 0 Å². The van der Waals surface area contributed by atoms with Crippen LogP contribution in [0.15, 0.2) is 24.4 Å². The maximum Gasteiger partial charge on any atom is 0.120 e. The van der Waals surface area contributed by atoms with E-state index in [1.165, 1.54) is 0 Å². The summed E-state index contributed by atoms with van der Waals surface area (Å²) < 4.78 is 0. The first-order valence-electron chi connectivity index (χ1n) is 6.21. The van der Waals surface area contributed by atoms with Crippen molar-refractivity contribution < 1.29 is 5.11 Å². The monoisotopic (exact) mass is 241 g/mol. The molecule has 2 rings (SSSR count). The fourth-order valence-electron chi connectivity index (χ4n) is 1.90. The molecular formula is C16H19NO. The summed E-state index contributed by atoms with van der Waals surface area (Å²) in [5.74, 6) is 3.16. The summed E-state index contributed by atoms with van der Waals surface area (Å²) in [5.41, 5.74) is 1.68. The summed E-state index contributed by atoms with van der Waals surface area (Å²) in [7, 11) is 0. The zero-order valence-corrected chi connectivity index (χ0v) is 11.4. The lowest BCUT2D eigenvalue weighted by atomic mass is 9.95. The highest BCUT2D eigenvalue weighted by molar-refractivity contribution is 5.91. The van der Waals surface area contributed by atoms with Gasteiger partial charge in [0.15, 0.2) is 0 Å². The topological polar surface area (TPSA) is 33.1 Å². The maximum absolute atomic E-state index is 9.65. The molecule has 0 saturated carbocycles. The number of benzene rings is 1. The molecule has 0 aliphatic carbocycles. The Balaban J connectivity index is 0.000000771. The van der Waals surface area contributed by atoms with Gasteiger partial charge in [-0.25, -0.2) is 4.98 Å². The Kier molecular flexibility index (Phi) is 4.74. The second kappa shape index (κ2) is 6.07. The Labute approximate surface area is 109 Å². The summed E-state index contributed by atoms with van der Waals surface area (Å²) in [4.78, 5) is 4.18. The van der Waals surface area contributed by atoms with Crippen LogP contribution >= 0.6 is 0 Å². The second-order valence-electron chi connectivity index (χ2n) is 4.09. The molecule has 1 aromatic carbocycles. The minimum atomic E-state index is 0.269. The van der Waals surface area contributed by atoms with Gasteiger partial charge in [0.2, 0.25) is 0 Å². The number of terminal acetylenes is 1. The van der Waals surface area contributed by atoms with E-state index < -0.39 is 0 Å². The lowest BCUT2D eigenvalue weighted by Gasteiger charge is -2.11. The van der Waals surface area contributed by atoms with E-state index in [4.69, 9.17) is 6.42 Å². The van der Waals surface area contributed by atoms with Crippen molar-refractivity contribution in [3.05, 3.63) is 35.7 Å². The van der Waals surface area contributed by atoms with Crippen LogP contribution in [-0.4, -0.2) is 10.1 Å². The van der Waals surface area contributed by atoms with E-state index >= 15 is 0 Å². The Morgan fingerprint density at radius 1 is 1.28 bits per heavy atom. The van der Waals surface area contributed by atoms with Crippen molar-refractivity contribution in [2.75, 3.05) is 0 Å². The van der Waals surface area contributed by atoms with Crippen molar-refractivity contribution >= 4 is 10.8 Å². The van der Waals surface area contributed by atoms with Gasteiger partial charge < -0.3 is 5.11 Å². The Morgan fingerprint density at radius 3 is 2.50 bits per heavy atom. The highest BCUT2D eigenvalue weighted by Crippen LogP contribution is 2.31. The molecule has 0 amide bonds. The molecule has 0 aliphatic rings. The summed E-state index contributed by atoms with van der Waals surface area (Å²) >= 11 is 0. The molecule has 0 saturated heterocycles. The number of hydrogen-bond donors (Lipinski definition) is 1. The van der Waals surface area contributed by atoms with Crippen molar-refractivity contribution in [2.45, 2.75) is 33.6 Å². The lowest BCUT2D eigenvalue weighted by molar-refractivity contribution is 0.475. The number of nitrogens with zero attached hydrogens (tertiary/aromatic N) is 1. The molecule has 1 aromatic heterocycles. The van der Waals surface area contributed by atoms with E-state index in [0.717, 1.165) is 16.3 Å². The van der Waals surface area contributed by atoms with Crippen LogP contribution in [0.25, 0.3) is 10.8 Å². The molecule has 2 heteroatoms. The first kappa shape index (κ1) is 14.1. The molecule has 1 N–H and O–H groups in total. The standard InChI is InChI=1S/C14H13NO.C2H6/c1-4-13-14-10(5-6-15-13)7-11(16)8-12(14)9(2)3;1-2/h1,5-9,16H,2-3H3;1-2H3. The highest BCUT2D eigenvalue weighted by Gasteiger charge is 2.10. The van der Waals surface area contributed by atoms with Gasteiger partial charge in [-0.1, -0.05) is 27.7 Å². The first-order chi connectivity index (χ1) is 8.63. The van der Waals surface area contributed by atoms with Crippen LogP contribution in [0.1, 0.15) is 44.9 Å². The first-order valence-corrected chi connectivity index (χ1v) is 6.21. The number of fused-ring (bicyclic) bond motifs is 1. The number of hydrogen-bond acceptors (Lipinski definition) is 2. The second-order valence-corrected chi connectivity index (χ2v) is 4.09. The SMILES string of the molecule is C#Cc1nccc2cc(O)cc(C(C)C)c12.CC. The van der Waals surface area contributed by atoms with Crippen molar-refractivity contribution in [2.24, 2.45) is 0 Å². The van der Waals surface area contributed by atoms with Gasteiger partial charge in [-0.15, -0.1) is 6.42 Å². The Bertz CT molecular complexity index is 579. The minimum Gasteiger partial charge on any atom is -0.508 e. The lowest BCUT2D eigenvalue weighted by Crippen LogP contribution is -1.94. The fourth-order valence-corrected chi connectivity index (χ4v) is 1.90. The van der Waals surface area contributed by atoms with E-state index in [2.05, 4.69) is 24.8 Å². The zero-order chi connectivity index (χ0) is 13.7. The molecule has 0 spiro atoms. The van der Waals surface area contributed by atoms with Gasteiger partial charge >= 0.3 is 0 Å². The van der Waals surface area contributed by atoms with Crippen LogP contribution in [-0.2, 0) is 0 Å². The third-order valence-electron chi connectivity index (χ3n) is 2.64. The van der Waals surface area contributed by atoms with Crippen molar-refractivity contribution in [3.63, 3.8) is 0 Å². The van der Waals surface area contributed by atoms with Crippen LogP contribution in [0.4, 0.5) is 0 Å². The summed E-state index contributed by atoms with van der Waals surface area (Å²) in [6, 6.07) is 5.33. The summed E-state index contributed by atoms with van der Waals surface area (Å²) in [5, 5.41) is 11.6. The Morgan fingerprint density at radius 2 is 1.94 bits per heavy atom. The van der Waals surface area contributed by atoms with Crippen LogP contribution in [0.2, 0.25) is 0 Å². The van der Waals surface area contributed by atoms with Gasteiger partial charge in [-0.05, 0) is 41.0 Å². The molecule has 18 heavy (non-hydrogen) atoms. The number of rotatable bonds is 1. The fraction of sp³-hybridized carbons (Fsp3) is 0.312. The van der Waals surface area contributed by atoms with Crippen molar-refractivity contribution in [3.8, 4) is 18.1 Å². The van der Waals surface area contributed by atoms with E-state index in [0.29, 0.717) is 11.6 Å². The smallest absolute Gasteiger partial charge is 0.120 e. The molecule has 0 bridgehead atoms. The van der Waals surface area contributed by atoms with Gasteiger partial charge in [0, 0.05) is 11.6 Å². The number of aromatic nitrogens is 1. The third-order valence-corrected chi connectivity index (χ3v) is 2.64. The quantitative estimate of drug-likeness (QED) is 0.763. The molecule has 0 atom stereocenters. The largest absolute Gasteiger partial charge is 0.508 e. The number of phenols is 1. The minimum absolute atomic E-state index is 0.269. The van der Waals surface area contributed by atoms with E-state index in [1.54, 1.807) is 18.3 Å². The number of phenolic OH excluding ortho intramolecular Hbond substituents is 1. The zero-order valence-electron chi connectivity index (χ0n) is 11.4. The number of aromatic hydroxyl groups is 1. The average molecular weight is 241 g/mol. The Hall–Kier alpha value is -2.01. The average Bonchev–Trinajstić information content (AvgIpc) is 2.39. The molecular weight excluding hydrogens is 222 g/mol. The highest BCUT2D eigenvalue weighted by atomic mass is 16.3.